The summed E-state index contributed by atoms with van der Waals surface area (Å²) in [5.41, 5.74) is 0.991. The summed E-state index contributed by atoms with van der Waals surface area (Å²) >= 11 is 0. The zero-order valence-corrected chi connectivity index (χ0v) is 10.9. The van der Waals surface area contributed by atoms with Crippen molar-refractivity contribution in [2.45, 2.75) is 46.0 Å². The molecule has 0 unspecified atom stereocenters. The number of rotatable bonds is 4. The lowest BCUT2D eigenvalue weighted by Crippen LogP contribution is -2.16. The Morgan fingerprint density at radius 3 is 2.59 bits per heavy atom. The highest BCUT2D eigenvalue weighted by Gasteiger charge is 2.17. The minimum Gasteiger partial charge on any atom is -0.369 e. The van der Waals surface area contributed by atoms with Gasteiger partial charge in [0.1, 0.15) is 5.82 Å². The molecule has 1 aliphatic carbocycles. The Morgan fingerprint density at radius 1 is 1.18 bits per heavy atom. The van der Waals surface area contributed by atoms with Crippen molar-refractivity contribution in [3.05, 3.63) is 18.1 Å². The van der Waals surface area contributed by atoms with Crippen molar-refractivity contribution in [2.24, 2.45) is 11.8 Å². The van der Waals surface area contributed by atoms with Crippen LogP contribution in [0.3, 0.4) is 0 Å². The van der Waals surface area contributed by atoms with Crippen LogP contribution < -0.4 is 5.32 Å². The van der Waals surface area contributed by atoms with Gasteiger partial charge in [0.25, 0.3) is 0 Å². The van der Waals surface area contributed by atoms with Crippen LogP contribution in [-0.4, -0.2) is 16.5 Å². The standard InChI is InChI=1S/C14H23N3/c1-11-3-5-13(6-4-11)7-8-16-14-12(2)15-9-10-17-14/h9-11,13H,3-8H2,1-2H3,(H,16,17). The molecule has 1 saturated carbocycles. The predicted octanol–water partition coefficient (Wildman–Crippen LogP) is 3.41. The van der Waals surface area contributed by atoms with Gasteiger partial charge in [-0.1, -0.05) is 32.6 Å². The number of hydrogen-bond acceptors (Lipinski definition) is 3. The average molecular weight is 233 g/mol. The van der Waals surface area contributed by atoms with Crippen molar-refractivity contribution >= 4 is 5.82 Å². The predicted molar refractivity (Wildman–Crippen MR) is 71.0 cm³/mol. The van der Waals surface area contributed by atoms with Gasteiger partial charge in [-0.15, -0.1) is 0 Å². The van der Waals surface area contributed by atoms with Gasteiger partial charge in [-0.2, -0.15) is 0 Å². The topological polar surface area (TPSA) is 37.8 Å². The highest BCUT2D eigenvalue weighted by atomic mass is 15.0. The van der Waals surface area contributed by atoms with Crippen LogP contribution in [-0.2, 0) is 0 Å². The molecule has 0 amide bonds. The molecule has 2 rings (SSSR count). The Hall–Kier alpha value is -1.12. The van der Waals surface area contributed by atoms with Crippen molar-refractivity contribution in [1.29, 1.82) is 0 Å². The highest BCUT2D eigenvalue weighted by molar-refractivity contribution is 5.37. The maximum absolute atomic E-state index is 4.30. The average Bonchev–Trinajstić information content (AvgIpc) is 2.34. The molecule has 0 saturated heterocycles. The summed E-state index contributed by atoms with van der Waals surface area (Å²) in [5, 5.41) is 3.40. The first-order valence-electron chi connectivity index (χ1n) is 6.77. The Morgan fingerprint density at radius 2 is 1.88 bits per heavy atom. The third-order valence-corrected chi connectivity index (χ3v) is 3.86. The lowest BCUT2D eigenvalue weighted by atomic mass is 9.81. The number of nitrogens with one attached hydrogen (secondary N) is 1. The maximum atomic E-state index is 4.30. The van der Waals surface area contributed by atoms with E-state index in [1.165, 1.54) is 32.1 Å². The van der Waals surface area contributed by atoms with Crippen LogP contribution in [0.5, 0.6) is 0 Å². The van der Waals surface area contributed by atoms with Crippen molar-refractivity contribution in [3.8, 4) is 0 Å². The molecule has 0 atom stereocenters. The van der Waals surface area contributed by atoms with Gasteiger partial charge in [0.15, 0.2) is 0 Å². The molecule has 0 spiro atoms. The quantitative estimate of drug-likeness (QED) is 0.866. The van der Waals surface area contributed by atoms with Crippen LogP contribution in [0.25, 0.3) is 0 Å². The largest absolute Gasteiger partial charge is 0.369 e. The van der Waals surface area contributed by atoms with Crippen LogP contribution in [0.2, 0.25) is 0 Å². The van der Waals surface area contributed by atoms with E-state index < -0.39 is 0 Å². The lowest BCUT2D eigenvalue weighted by molar-refractivity contribution is 0.282. The van der Waals surface area contributed by atoms with E-state index in [1.54, 1.807) is 12.4 Å². The summed E-state index contributed by atoms with van der Waals surface area (Å²) in [6.45, 7) is 5.40. The monoisotopic (exact) mass is 233 g/mol. The summed E-state index contributed by atoms with van der Waals surface area (Å²) in [7, 11) is 0. The fourth-order valence-electron chi connectivity index (χ4n) is 2.59. The molecule has 1 heterocycles. The molecule has 1 aromatic rings. The van der Waals surface area contributed by atoms with Gasteiger partial charge < -0.3 is 5.32 Å². The maximum Gasteiger partial charge on any atom is 0.147 e. The Balaban J connectivity index is 1.71. The van der Waals surface area contributed by atoms with Crippen LogP contribution in [0.1, 0.15) is 44.7 Å². The molecule has 3 heteroatoms. The molecule has 17 heavy (non-hydrogen) atoms. The van der Waals surface area contributed by atoms with Crippen molar-refractivity contribution < 1.29 is 0 Å². The summed E-state index contributed by atoms with van der Waals surface area (Å²) < 4.78 is 0. The van der Waals surface area contributed by atoms with E-state index in [0.29, 0.717) is 0 Å². The SMILES string of the molecule is Cc1nccnc1NCCC1CCC(C)CC1. The van der Waals surface area contributed by atoms with E-state index in [0.717, 1.165) is 29.9 Å². The Bertz CT molecular complexity index is 343. The zero-order chi connectivity index (χ0) is 12.1. The second-order valence-electron chi connectivity index (χ2n) is 5.33. The van der Waals surface area contributed by atoms with Crippen LogP contribution >= 0.6 is 0 Å². The molecule has 0 bridgehead atoms. The van der Waals surface area contributed by atoms with E-state index in [4.69, 9.17) is 0 Å². The molecule has 1 aromatic heterocycles. The van der Waals surface area contributed by atoms with Crippen LogP contribution in [0.4, 0.5) is 5.82 Å². The molecule has 0 aliphatic heterocycles. The second kappa shape index (κ2) is 5.99. The summed E-state index contributed by atoms with van der Waals surface area (Å²) in [5.74, 6) is 2.80. The number of hydrogen-bond donors (Lipinski definition) is 1. The second-order valence-corrected chi connectivity index (χ2v) is 5.33. The van der Waals surface area contributed by atoms with Gasteiger partial charge in [0, 0.05) is 18.9 Å². The molecular formula is C14H23N3. The summed E-state index contributed by atoms with van der Waals surface area (Å²) in [6.07, 6.45) is 10.4. The zero-order valence-electron chi connectivity index (χ0n) is 10.9. The lowest BCUT2D eigenvalue weighted by Gasteiger charge is -2.26. The van der Waals surface area contributed by atoms with E-state index in [-0.39, 0.29) is 0 Å². The number of aromatic nitrogens is 2. The van der Waals surface area contributed by atoms with E-state index >= 15 is 0 Å². The summed E-state index contributed by atoms with van der Waals surface area (Å²) in [6, 6.07) is 0. The van der Waals surface area contributed by atoms with E-state index in [1.807, 2.05) is 6.92 Å². The first-order valence-corrected chi connectivity index (χ1v) is 6.77. The molecule has 3 nitrogen and oxygen atoms in total. The molecule has 0 aromatic carbocycles. The summed E-state index contributed by atoms with van der Waals surface area (Å²) in [4.78, 5) is 8.53. The minimum atomic E-state index is 0.913. The van der Waals surface area contributed by atoms with Gasteiger partial charge in [-0.25, -0.2) is 4.98 Å². The molecule has 94 valence electrons. The first kappa shape index (κ1) is 12.3. The first-order chi connectivity index (χ1) is 8.25. The van der Waals surface area contributed by atoms with Gasteiger partial charge in [-0.05, 0) is 25.2 Å². The third kappa shape index (κ3) is 3.69. The smallest absolute Gasteiger partial charge is 0.147 e. The fraction of sp³-hybridized carbons (Fsp3) is 0.714. The van der Waals surface area contributed by atoms with Gasteiger partial charge in [0.2, 0.25) is 0 Å². The highest BCUT2D eigenvalue weighted by Crippen LogP contribution is 2.30. The fourth-order valence-corrected chi connectivity index (χ4v) is 2.59. The normalized spacial score (nSPS) is 24.6. The van der Waals surface area contributed by atoms with Crippen LogP contribution in [0.15, 0.2) is 12.4 Å². The number of nitrogens with zero attached hydrogens (tertiary/aromatic N) is 2. The van der Waals surface area contributed by atoms with Crippen molar-refractivity contribution in [1.82, 2.24) is 9.97 Å². The van der Waals surface area contributed by atoms with Gasteiger partial charge >= 0.3 is 0 Å². The molecular weight excluding hydrogens is 210 g/mol. The minimum absolute atomic E-state index is 0.913. The van der Waals surface area contributed by atoms with E-state index in [9.17, 15) is 0 Å². The molecule has 1 fully saturated rings. The molecule has 1 aliphatic rings. The Labute approximate surface area is 104 Å². The van der Waals surface area contributed by atoms with Crippen molar-refractivity contribution in [3.63, 3.8) is 0 Å². The Kier molecular flexibility index (Phi) is 4.35. The number of anilines is 1. The number of aryl methyl sites for hydroxylation is 1. The third-order valence-electron chi connectivity index (χ3n) is 3.86. The van der Waals surface area contributed by atoms with E-state index in [2.05, 4.69) is 22.2 Å². The molecule has 0 radical (unpaired) electrons. The van der Waals surface area contributed by atoms with Gasteiger partial charge in [-0.3, -0.25) is 4.98 Å². The van der Waals surface area contributed by atoms with Crippen molar-refractivity contribution in [2.75, 3.05) is 11.9 Å². The molecule has 1 N–H and O–H groups in total. The van der Waals surface area contributed by atoms with Gasteiger partial charge in [0.05, 0.1) is 5.69 Å². The van der Waals surface area contributed by atoms with Crippen LogP contribution in [0, 0.1) is 18.8 Å².